The molecule has 1 unspecified atom stereocenters. The van der Waals surface area contributed by atoms with Crippen molar-refractivity contribution in [1.29, 1.82) is 0 Å². The SMILES string of the molecule is CC1(C)c2ccccc2-c2cc3c(cc21)-c1ccccc1C3c1nc(-c2ccccc2)nc(-c2cccc(-c3ccccc3)c2)n1. The summed E-state index contributed by atoms with van der Waals surface area (Å²) in [5.41, 5.74) is 14.6. The number of hydrogen-bond acceptors (Lipinski definition) is 3. The van der Waals surface area contributed by atoms with Crippen LogP contribution in [-0.4, -0.2) is 15.0 Å². The van der Waals surface area contributed by atoms with Crippen LogP contribution in [0, 0.1) is 0 Å². The molecule has 1 aromatic heterocycles. The van der Waals surface area contributed by atoms with Crippen LogP contribution >= 0.6 is 0 Å². The number of rotatable bonds is 4. The largest absolute Gasteiger partial charge is 0.212 e. The van der Waals surface area contributed by atoms with E-state index in [-0.39, 0.29) is 11.3 Å². The van der Waals surface area contributed by atoms with E-state index in [1.807, 2.05) is 24.3 Å². The van der Waals surface area contributed by atoms with Crippen LogP contribution in [0.1, 0.15) is 47.8 Å². The summed E-state index contributed by atoms with van der Waals surface area (Å²) in [5, 5.41) is 0. The number of benzene rings is 6. The molecule has 6 aromatic carbocycles. The van der Waals surface area contributed by atoms with Gasteiger partial charge in [-0.05, 0) is 73.8 Å². The van der Waals surface area contributed by atoms with Gasteiger partial charge in [-0.2, -0.15) is 0 Å². The van der Waals surface area contributed by atoms with E-state index in [0.29, 0.717) is 11.6 Å². The number of hydrogen-bond donors (Lipinski definition) is 0. The van der Waals surface area contributed by atoms with Crippen LogP contribution in [0.2, 0.25) is 0 Å². The highest BCUT2D eigenvalue weighted by atomic mass is 15.0. The Morgan fingerprint density at radius 1 is 0.413 bits per heavy atom. The summed E-state index contributed by atoms with van der Waals surface area (Å²) >= 11 is 0. The monoisotopic (exact) mass is 589 g/mol. The van der Waals surface area contributed by atoms with Gasteiger partial charge in [0.05, 0.1) is 5.92 Å². The standard InChI is InChI=1S/C43H31N3/c1-43(2)37-23-12-11-21-32(37)35-25-36-34(26-38(35)43)31-20-9-10-22-33(31)39(36)42-45-40(28-16-7-4-8-17-28)44-41(46-42)30-19-13-18-29(24-30)27-14-5-3-6-15-27/h3-26,39H,1-2H3. The Morgan fingerprint density at radius 2 is 1.02 bits per heavy atom. The normalized spacial score (nSPS) is 15.1. The summed E-state index contributed by atoms with van der Waals surface area (Å²) in [7, 11) is 0. The highest BCUT2D eigenvalue weighted by molar-refractivity contribution is 5.89. The van der Waals surface area contributed by atoms with E-state index in [2.05, 4.69) is 135 Å². The molecular formula is C43H31N3. The van der Waals surface area contributed by atoms with Crippen molar-refractivity contribution in [3.05, 3.63) is 174 Å². The third kappa shape index (κ3) is 4.09. The third-order valence-corrected chi connectivity index (χ3v) is 9.80. The van der Waals surface area contributed by atoms with Crippen molar-refractivity contribution in [1.82, 2.24) is 15.0 Å². The van der Waals surface area contributed by atoms with Crippen LogP contribution in [0.25, 0.3) is 56.2 Å². The summed E-state index contributed by atoms with van der Waals surface area (Å²) in [6, 6.07) is 51.7. The van der Waals surface area contributed by atoms with Crippen molar-refractivity contribution in [3.8, 4) is 56.2 Å². The van der Waals surface area contributed by atoms with Gasteiger partial charge in [-0.1, -0.05) is 141 Å². The lowest BCUT2D eigenvalue weighted by atomic mass is 9.81. The van der Waals surface area contributed by atoms with Crippen molar-refractivity contribution in [3.63, 3.8) is 0 Å². The Morgan fingerprint density at radius 3 is 1.80 bits per heavy atom. The lowest BCUT2D eigenvalue weighted by molar-refractivity contribution is 0.660. The van der Waals surface area contributed by atoms with Crippen molar-refractivity contribution in [2.75, 3.05) is 0 Å². The molecule has 0 aliphatic heterocycles. The second-order valence-corrected chi connectivity index (χ2v) is 12.8. The minimum absolute atomic E-state index is 0.0709. The van der Waals surface area contributed by atoms with Crippen molar-refractivity contribution >= 4 is 0 Å². The molecule has 3 heteroatoms. The molecule has 0 saturated heterocycles. The van der Waals surface area contributed by atoms with E-state index < -0.39 is 0 Å². The summed E-state index contributed by atoms with van der Waals surface area (Å²) in [6.45, 7) is 4.69. The first-order valence-electron chi connectivity index (χ1n) is 15.9. The zero-order valence-corrected chi connectivity index (χ0v) is 25.8. The highest BCUT2D eigenvalue weighted by Gasteiger charge is 2.40. The Labute approximate surface area is 269 Å². The van der Waals surface area contributed by atoms with Gasteiger partial charge in [0, 0.05) is 16.5 Å². The van der Waals surface area contributed by atoms with Gasteiger partial charge in [-0.3, -0.25) is 0 Å². The molecule has 1 heterocycles. The van der Waals surface area contributed by atoms with E-state index in [0.717, 1.165) is 28.1 Å². The molecule has 0 amide bonds. The van der Waals surface area contributed by atoms with Crippen molar-refractivity contribution < 1.29 is 0 Å². The van der Waals surface area contributed by atoms with Gasteiger partial charge in [0.15, 0.2) is 11.6 Å². The second kappa shape index (κ2) is 10.2. The Balaban J connectivity index is 1.27. The Kier molecular flexibility index (Phi) is 5.91. The van der Waals surface area contributed by atoms with Crippen LogP contribution in [0.4, 0.5) is 0 Å². The molecule has 0 bridgehead atoms. The van der Waals surface area contributed by atoms with Gasteiger partial charge in [0.25, 0.3) is 0 Å². The Hall–Kier alpha value is -5.67. The average Bonchev–Trinajstić information content (AvgIpc) is 3.56. The first-order valence-corrected chi connectivity index (χ1v) is 15.9. The van der Waals surface area contributed by atoms with E-state index >= 15 is 0 Å². The Bertz CT molecular complexity index is 2290. The quantitative estimate of drug-likeness (QED) is 0.205. The summed E-state index contributed by atoms with van der Waals surface area (Å²) in [6.07, 6.45) is 0. The maximum absolute atomic E-state index is 5.29. The van der Waals surface area contributed by atoms with E-state index in [4.69, 9.17) is 15.0 Å². The summed E-state index contributed by atoms with van der Waals surface area (Å²) < 4.78 is 0. The predicted molar refractivity (Wildman–Crippen MR) is 187 cm³/mol. The predicted octanol–water partition coefficient (Wildman–Crippen LogP) is 10.3. The fourth-order valence-electron chi connectivity index (χ4n) is 7.51. The third-order valence-electron chi connectivity index (χ3n) is 9.80. The van der Waals surface area contributed by atoms with Crippen LogP contribution in [0.5, 0.6) is 0 Å². The van der Waals surface area contributed by atoms with E-state index in [9.17, 15) is 0 Å². The summed E-state index contributed by atoms with van der Waals surface area (Å²) in [5.74, 6) is 2.02. The molecule has 2 aliphatic rings. The minimum atomic E-state index is -0.117. The number of fused-ring (bicyclic) bond motifs is 6. The van der Waals surface area contributed by atoms with Crippen molar-refractivity contribution in [2.24, 2.45) is 0 Å². The zero-order chi connectivity index (χ0) is 30.8. The molecule has 9 rings (SSSR count). The summed E-state index contributed by atoms with van der Waals surface area (Å²) in [4.78, 5) is 15.6. The van der Waals surface area contributed by atoms with Gasteiger partial charge >= 0.3 is 0 Å². The fraction of sp³-hybridized carbons (Fsp3) is 0.0930. The molecule has 46 heavy (non-hydrogen) atoms. The molecule has 218 valence electrons. The van der Waals surface area contributed by atoms with Crippen LogP contribution in [0.3, 0.4) is 0 Å². The van der Waals surface area contributed by atoms with Crippen LogP contribution in [-0.2, 0) is 5.41 Å². The lowest BCUT2D eigenvalue weighted by Gasteiger charge is -2.22. The van der Waals surface area contributed by atoms with E-state index in [1.54, 1.807) is 0 Å². The molecule has 0 saturated carbocycles. The van der Waals surface area contributed by atoms with E-state index in [1.165, 1.54) is 44.5 Å². The molecular weight excluding hydrogens is 558 g/mol. The molecule has 0 N–H and O–H groups in total. The lowest BCUT2D eigenvalue weighted by Crippen LogP contribution is -2.15. The fourth-order valence-corrected chi connectivity index (χ4v) is 7.51. The van der Waals surface area contributed by atoms with Crippen molar-refractivity contribution in [2.45, 2.75) is 25.2 Å². The topological polar surface area (TPSA) is 38.7 Å². The molecule has 0 radical (unpaired) electrons. The number of nitrogens with zero attached hydrogens (tertiary/aromatic N) is 3. The van der Waals surface area contributed by atoms with Crippen LogP contribution in [0.15, 0.2) is 146 Å². The molecule has 7 aromatic rings. The van der Waals surface area contributed by atoms with Crippen LogP contribution < -0.4 is 0 Å². The average molecular weight is 590 g/mol. The first-order chi connectivity index (χ1) is 22.6. The molecule has 3 nitrogen and oxygen atoms in total. The van der Waals surface area contributed by atoms with Gasteiger partial charge < -0.3 is 0 Å². The maximum atomic E-state index is 5.29. The molecule has 0 fully saturated rings. The van der Waals surface area contributed by atoms with Gasteiger partial charge in [-0.25, -0.2) is 15.0 Å². The second-order valence-electron chi connectivity index (χ2n) is 12.8. The van der Waals surface area contributed by atoms with Gasteiger partial charge in [-0.15, -0.1) is 0 Å². The molecule has 0 spiro atoms. The molecule has 1 atom stereocenters. The van der Waals surface area contributed by atoms with Gasteiger partial charge in [0.2, 0.25) is 0 Å². The zero-order valence-electron chi connectivity index (χ0n) is 25.8. The molecule has 2 aliphatic carbocycles. The minimum Gasteiger partial charge on any atom is -0.212 e. The van der Waals surface area contributed by atoms with Gasteiger partial charge in [0.1, 0.15) is 5.82 Å². The first kappa shape index (κ1) is 26.7. The highest BCUT2D eigenvalue weighted by Crippen LogP contribution is 2.55. The number of aromatic nitrogens is 3. The smallest absolute Gasteiger partial charge is 0.163 e. The maximum Gasteiger partial charge on any atom is 0.163 e.